The number of methoxy groups -OCH3 is 1. The summed E-state index contributed by atoms with van der Waals surface area (Å²) in [6.45, 7) is 2.15. The highest BCUT2D eigenvalue weighted by molar-refractivity contribution is 6.33. The SMILES string of the molecule is CBC[C@]1(c2ccc(F)cc2F)C[C@H](C(=O)OC)CO1. The van der Waals surface area contributed by atoms with Crippen LogP contribution in [-0.2, 0) is 19.9 Å². The van der Waals surface area contributed by atoms with E-state index in [0.29, 0.717) is 18.3 Å². The summed E-state index contributed by atoms with van der Waals surface area (Å²) >= 11 is 0. The van der Waals surface area contributed by atoms with Crippen LogP contribution in [0.15, 0.2) is 18.2 Å². The molecule has 2 rings (SSSR count). The van der Waals surface area contributed by atoms with Crippen LogP contribution < -0.4 is 0 Å². The molecule has 0 aliphatic carbocycles. The number of carbonyl (C=O) groups excluding carboxylic acids is 1. The summed E-state index contributed by atoms with van der Waals surface area (Å²) in [5.74, 6) is -2.02. The van der Waals surface area contributed by atoms with Crippen molar-refractivity contribution in [2.75, 3.05) is 13.7 Å². The zero-order valence-electron chi connectivity index (χ0n) is 11.6. The maximum atomic E-state index is 14.0. The van der Waals surface area contributed by atoms with Crippen LogP contribution >= 0.6 is 0 Å². The van der Waals surface area contributed by atoms with Crippen LogP contribution in [0.5, 0.6) is 0 Å². The molecule has 0 spiro atoms. The van der Waals surface area contributed by atoms with E-state index in [0.717, 1.165) is 13.3 Å². The number of rotatable bonds is 4. The van der Waals surface area contributed by atoms with Crippen LogP contribution in [0, 0.1) is 17.6 Å². The molecule has 1 heterocycles. The van der Waals surface area contributed by atoms with E-state index in [1.54, 1.807) is 0 Å². The first-order valence-corrected chi connectivity index (χ1v) is 6.69. The highest BCUT2D eigenvalue weighted by Crippen LogP contribution is 2.43. The average molecular weight is 282 g/mol. The predicted octanol–water partition coefficient (Wildman–Crippen LogP) is 2.27. The predicted molar refractivity (Wildman–Crippen MR) is 71.9 cm³/mol. The Hall–Kier alpha value is -1.43. The molecule has 0 radical (unpaired) electrons. The topological polar surface area (TPSA) is 35.5 Å². The molecule has 0 bridgehead atoms. The fourth-order valence-corrected chi connectivity index (χ4v) is 2.85. The van der Waals surface area contributed by atoms with Gasteiger partial charge in [-0.2, -0.15) is 0 Å². The quantitative estimate of drug-likeness (QED) is 0.627. The van der Waals surface area contributed by atoms with Gasteiger partial charge in [0, 0.05) is 11.6 Å². The summed E-state index contributed by atoms with van der Waals surface area (Å²) in [6.07, 6.45) is 0.930. The summed E-state index contributed by atoms with van der Waals surface area (Å²) in [7, 11) is 2.09. The van der Waals surface area contributed by atoms with Crippen LogP contribution in [0.2, 0.25) is 13.1 Å². The number of carbonyl (C=O) groups is 1. The van der Waals surface area contributed by atoms with Crippen LogP contribution in [0.4, 0.5) is 8.78 Å². The van der Waals surface area contributed by atoms with E-state index in [4.69, 9.17) is 9.47 Å². The van der Waals surface area contributed by atoms with Crippen molar-refractivity contribution in [2.45, 2.75) is 25.2 Å². The van der Waals surface area contributed by atoms with Crippen LogP contribution in [-0.4, -0.2) is 27.0 Å². The van der Waals surface area contributed by atoms with Crippen molar-refractivity contribution in [3.63, 3.8) is 0 Å². The zero-order valence-corrected chi connectivity index (χ0v) is 11.6. The number of ether oxygens (including phenoxy) is 2. The zero-order chi connectivity index (χ0) is 14.8. The van der Waals surface area contributed by atoms with Crippen molar-refractivity contribution in [1.82, 2.24) is 0 Å². The Balaban J connectivity index is 2.34. The van der Waals surface area contributed by atoms with E-state index in [2.05, 4.69) is 0 Å². The van der Waals surface area contributed by atoms with E-state index in [-0.39, 0.29) is 12.6 Å². The molecule has 6 heteroatoms. The Morgan fingerprint density at radius 2 is 2.30 bits per heavy atom. The molecule has 2 atom stereocenters. The minimum atomic E-state index is -0.870. The number of benzene rings is 1. The molecule has 0 N–H and O–H groups in total. The molecule has 0 amide bonds. The Kier molecular flexibility index (Phi) is 4.43. The van der Waals surface area contributed by atoms with E-state index < -0.39 is 23.2 Å². The van der Waals surface area contributed by atoms with Gasteiger partial charge in [-0.05, 0) is 18.8 Å². The second-order valence-corrected chi connectivity index (χ2v) is 5.10. The van der Waals surface area contributed by atoms with Crippen molar-refractivity contribution in [3.8, 4) is 0 Å². The standard InChI is InChI=1S/C14H17BF2O3/c1-15-8-14(6-9(7-20-14)13(18)19-2)11-4-3-10(16)5-12(11)17/h3-5,9,15H,6-8H2,1-2H3/t9-,14-/m0/s1. The van der Waals surface area contributed by atoms with Gasteiger partial charge < -0.3 is 9.47 Å². The minimum absolute atomic E-state index is 0.198. The van der Waals surface area contributed by atoms with Gasteiger partial charge in [-0.1, -0.05) is 12.9 Å². The van der Waals surface area contributed by atoms with Gasteiger partial charge in [-0.3, -0.25) is 4.79 Å². The minimum Gasteiger partial charge on any atom is -0.469 e. The third kappa shape index (κ3) is 2.70. The van der Waals surface area contributed by atoms with Gasteiger partial charge in [0.25, 0.3) is 0 Å². The van der Waals surface area contributed by atoms with Crippen molar-refractivity contribution < 1.29 is 23.0 Å². The summed E-state index contributed by atoms with van der Waals surface area (Å²) in [5, 5.41) is 0. The summed E-state index contributed by atoms with van der Waals surface area (Å²) in [6, 6.07) is 3.46. The Bertz CT molecular complexity index is 509. The second kappa shape index (κ2) is 5.91. The summed E-state index contributed by atoms with van der Waals surface area (Å²) in [5.41, 5.74) is -0.557. The summed E-state index contributed by atoms with van der Waals surface area (Å²) in [4.78, 5) is 11.6. The van der Waals surface area contributed by atoms with Gasteiger partial charge in [0.05, 0.1) is 25.2 Å². The second-order valence-electron chi connectivity index (χ2n) is 5.10. The molecular weight excluding hydrogens is 265 g/mol. The fraction of sp³-hybridized carbons (Fsp3) is 0.500. The van der Waals surface area contributed by atoms with Crippen LogP contribution in [0.25, 0.3) is 0 Å². The smallest absolute Gasteiger partial charge is 0.311 e. The first-order chi connectivity index (χ1) is 9.52. The van der Waals surface area contributed by atoms with E-state index >= 15 is 0 Å². The molecule has 1 fully saturated rings. The van der Waals surface area contributed by atoms with Crippen molar-refractivity contribution in [1.29, 1.82) is 0 Å². The fourth-order valence-electron chi connectivity index (χ4n) is 2.85. The Morgan fingerprint density at radius 3 is 2.90 bits per heavy atom. The molecule has 3 nitrogen and oxygen atoms in total. The lowest BCUT2D eigenvalue weighted by molar-refractivity contribution is -0.145. The molecule has 1 aromatic rings. The largest absolute Gasteiger partial charge is 0.469 e. The number of hydrogen-bond acceptors (Lipinski definition) is 3. The molecule has 0 unspecified atom stereocenters. The first kappa shape index (κ1) is 15.0. The number of esters is 1. The molecule has 1 aliphatic heterocycles. The normalized spacial score (nSPS) is 25.5. The Morgan fingerprint density at radius 1 is 1.55 bits per heavy atom. The van der Waals surface area contributed by atoms with Crippen LogP contribution in [0.1, 0.15) is 12.0 Å². The maximum absolute atomic E-state index is 14.0. The lowest BCUT2D eigenvalue weighted by Gasteiger charge is -2.29. The Labute approximate surface area is 117 Å². The first-order valence-electron chi connectivity index (χ1n) is 6.69. The lowest BCUT2D eigenvalue weighted by atomic mass is 9.66. The highest BCUT2D eigenvalue weighted by atomic mass is 19.1. The van der Waals surface area contributed by atoms with E-state index in [1.807, 2.05) is 6.82 Å². The monoisotopic (exact) mass is 282 g/mol. The molecule has 108 valence electrons. The van der Waals surface area contributed by atoms with E-state index in [1.165, 1.54) is 19.2 Å². The average Bonchev–Trinajstić information content (AvgIpc) is 2.83. The van der Waals surface area contributed by atoms with E-state index in [9.17, 15) is 13.6 Å². The highest BCUT2D eigenvalue weighted by Gasteiger charge is 2.45. The van der Waals surface area contributed by atoms with Crippen LogP contribution in [0.3, 0.4) is 0 Å². The van der Waals surface area contributed by atoms with Crippen molar-refractivity contribution >= 4 is 13.2 Å². The van der Waals surface area contributed by atoms with Gasteiger partial charge in [0.15, 0.2) is 0 Å². The molecular formula is C14H17BF2O3. The van der Waals surface area contributed by atoms with Gasteiger partial charge in [0.1, 0.15) is 18.9 Å². The molecule has 20 heavy (non-hydrogen) atoms. The number of halogens is 2. The third-order valence-corrected chi connectivity index (χ3v) is 3.75. The van der Waals surface area contributed by atoms with Gasteiger partial charge in [-0.25, -0.2) is 8.78 Å². The van der Waals surface area contributed by atoms with Crippen molar-refractivity contribution in [3.05, 3.63) is 35.4 Å². The molecule has 0 saturated carbocycles. The number of hydrogen-bond donors (Lipinski definition) is 0. The maximum Gasteiger partial charge on any atom is 0.311 e. The lowest BCUT2D eigenvalue weighted by Crippen LogP contribution is -2.28. The molecule has 1 saturated heterocycles. The summed E-state index contributed by atoms with van der Waals surface area (Å²) < 4.78 is 37.6. The molecule has 1 aromatic carbocycles. The third-order valence-electron chi connectivity index (χ3n) is 3.75. The van der Waals surface area contributed by atoms with Gasteiger partial charge >= 0.3 is 5.97 Å². The van der Waals surface area contributed by atoms with Crippen molar-refractivity contribution in [2.24, 2.45) is 5.92 Å². The van der Waals surface area contributed by atoms with Gasteiger partial charge in [-0.15, -0.1) is 0 Å². The molecule has 1 aliphatic rings. The van der Waals surface area contributed by atoms with Gasteiger partial charge in [0.2, 0.25) is 0 Å². The molecule has 0 aromatic heterocycles.